The monoisotopic (exact) mass is 406 g/mol. The Bertz CT molecular complexity index is 583. The molecule has 1 unspecified atom stereocenters. The molecule has 6 heteroatoms. The van der Waals surface area contributed by atoms with E-state index in [0.29, 0.717) is 21.5 Å². The van der Waals surface area contributed by atoms with E-state index in [1.54, 1.807) is 26.4 Å². The van der Waals surface area contributed by atoms with Crippen LogP contribution in [0.5, 0.6) is 11.5 Å². The molecule has 1 aromatic heterocycles. The van der Waals surface area contributed by atoms with Crippen LogP contribution < -0.4 is 9.47 Å². The van der Waals surface area contributed by atoms with Gasteiger partial charge >= 0.3 is 0 Å². The van der Waals surface area contributed by atoms with Gasteiger partial charge in [0.1, 0.15) is 22.1 Å². The fourth-order valence-corrected chi connectivity index (χ4v) is 3.89. The summed E-state index contributed by atoms with van der Waals surface area (Å²) in [5.74, 6) is 1.25. The summed E-state index contributed by atoms with van der Waals surface area (Å²) in [6.45, 7) is 0. The van der Waals surface area contributed by atoms with Gasteiger partial charge in [0.2, 0.25) is 0 Å². The normalized spacial score (nSPS) is 12.3. The van der Waals surface area contributed by atoms with E-state index in [2.05, 4.69) is 31.9 Å². The molecule has 1 heterocycles. The largest absolute Gasteiger partial charge is 0.495 e. The molecule has 2 aromatic rings. The SMILES string of the molecule is COc1ccc(C(O)c2cc(Br)cs2)c(OC)c1Br. The van der Waals surface area contributed by atoms with E-state index >= 15 is 0 Å². The first-order valence-electron chi connectivity index (χ1n) is 5.40. The van der Waals surface area contributed by atoms with Crippen LogP contribution in [0.25, 0.3) is 0 Å². The van der Waals surface area contributed by atoms with E-state index < -0.39 is 6.10 Å². The Labute approximate surface area is 132 Å². The van der Waals surface area contributed by atoms with Gasteiger partial charge in [-0.1, -0.05) is 0 Å². The van der Waals surface area contributed by atoms with Crippen LogP contribution in [0.3, 0.4) is 0 Å². The van der Waals surface area contributed by atoms with Crippen LogP contribution in [0, 0.1) is 0 Å². The smallest absolute Gasteiger partial charge is 0.142 e. The van der Waals surface area contributed by atoms with E-state index in [1.165, 1.54) is 11.3 Å². The van der Waals surface area contributed by atoms with Crippen LogP contribution in [0.15, 0.2) is 32.5 Å². The summed E-state index contributed by atoms with van der Waals surface area (Å²) >= 11 is 8.30. The highest BCUT2D eigenvalue weighted by atomic mass is 79.9. The molecule has 0 aliphatic rings. The summed E-state index contributed by atoms with van der Waals surface area (Å²) < 4.78 is 12.2. The summed E-state index contributed by atoms with van der Waals surface area (Å²) in [6, 6.07) is 5.50. The molecule has 1 aromatic carbocycles. The molecule has 19 heavy (non-hydrogen) atoms. The standard InChI is InChI=1S/C13H12Br2O3S/c1-17-9-4-3-8(13(18-2)11(9)15)12(16)10-5-7(14)6-19-10/h3-6,12,16H,1-2H3. The van der Waals surface area contributed by atoms with Gasteiger partial charge in [-0.25, -0.2) is 0 Å². The first-order valence-corrected chi connectivity index (χ1v) is 7.87. The van der Waals surface area contributed by atoms with Crippen LogP contribution in [0.1, 0.15) is 16.5 Å². The molecule has 0 fully saturated rings. The van der Waals surface area contributed by atoms with E-state index in [-0.39, 0.29) is 0 Å². The van der Waals surface area contributed by atoms with Crippen LogP contribution in [0.2, 0.25) is 0 Å². The third-order valence-corrected chi connectivity index (χ3v) is 5.16. The van der Waals surface area contributed by atoms with Gasteiger partial charge in [0.05, 0.1) is 14.2 Å². The third-order valence-electron chi connectivity index (χ3n) is 2.67. The summed E-state index contributed by atoms with van der Waals surface area (Å²) in [5, 5.41) is 12.4. The number of methoxy groups -OCH3 is 2. The Balaban J connectivity index is 2.47. The van der Waals surface area contributed by atoms with E-state index in [0.717, 1.165) is 9.35 Å². The Hall–Kier alpha value is -0.560. The molecular weight excluding hydrogens is 396 g/mol. The number of hydrogen-bond donors (Lipinski definition) is 1. The number of rotatable bonds is 4. The second-order valence-electron chi connectivity index (χ2n) is 3.77. The molecule has 3 nitrogen and oxygen atoms in total. The molecule has 0 aliphatic heterocycles. The molecule has 0 saturated carbocycles. The van der Waals surface area contributed by atoms with Gasteiger partial charge in [0.25, 0.3) is 0 Å². The van der Waals surface area contributed by atoms with Crippen molar-refractivity contribution in [2.75, 3.05) is 14.2 Å². The van der Waals surface area contributed by atoms with Crippen LogP contribution in [-0.4, -0.2) is 19.3 Å². The van der Waals surface area contributed by atoms with Crippen molar-refractivity contribution in [2.45, 2.75) is 6.10 Å². The zero-order valence-electron chi connectivity index (χ0n) is 10.3. The lowest BCUT2D eigenvalue weighted by Gasteiger charge is -2.16. The first kappa shape index (κ1) is 14.8. The second kappa shape index (κ2) is 6.26. The molecule has 0 bridgehead atoms. The average molecular weight is 408 g/mol. The Morgan fingerprint density at radius 1 is 1.21 bits per heavy atom. The molecular formula is C13H12Br2O3S. The van der Waals surface area contributed by atoms with Gasteiger partial charge in [0.15, 0.2) is 0 Å². The summed E-state index contributed by atoms with van der Waals surface area (Å²) in [4.78, 5) is 0.849. The zero-order valence-corrected chi connectivity index (χ0v) is 14.3. The number of aliphatic hydroxyl groups excluding tert-OH is 1. The highest BCUT2D eigenvalue weighted by Gasteiger charge is 2.21. The van der Waals surface area contributed by atoms with Crippen molar-refractivity contribution in [3.8, 4) is 11.5 Å². The van der Waals surface area contributed by atoms with Gasteiger partial charge in [-0.05, 0) is 50.1 Å². The van der Waals surface area contributed by atoms with E-state index in [1.807, 2.05) is 11.4 Å². The summed E-state index contributed by atoms with van der Waals surface area (Å²) in [6.07, 6.45) is -0.728. The highest BCUT2D eigenvalue weighted by Crippen LogP contribution is 2.42. The van der Waals surface area contributed by atoms with Crippen molar-refractivity contribution in [1.29, 1.82) is 0 Å². The minimum absolute atomic E-state index is 0.580. The molecule has 0 amide bonds. The van der Waals surface area contributed by atoms with Crippen molar-refractivity contribution in [1.82, 2.24) is 0 Å². The number of aliphatic hydroxyl groups is 1. The van der Waals surface area contributed by atoms with Crippen molar-refractivity contribution < 1.29 is 14.6 Å². The fraction of sp³-hybridized carbons (Fsp3) is 0.231. The molecule has 1 N–H and O–H groups in total. The molecule has 102 valence electrons. The van der Waals surface area contributed by atoms with Crippen LogP contribution in [0.4, 0.5) is 0 Å². The quantitative estimate of drug-likeness (QED) is 0.817. The first-order chi connectivity index (χ1) is 9.08. The number of halogens is 2. The second-order valence-corrected chi connectivity index (χ2v) is 6.43. The maximum Gasteiger partial charge on any atom is 0.142 e. The van der Waals surface area contributed by atoms with Gasteiger partial charge in [0, 0.05) is 20.3 Å². The number of thiophene rings is 1. The minimum Gasteiger partial charge on any atom is -0.495 e. The van der Waals surface area contributed by atoms with Crippen molar-refractivity contribution in [3.05, 3.63) is 43.0 Å². The molecule has 1 atom stereocenters. The summed E-state index contributed by atoms with van der Waals surface area (Å²) in [7, 11) is 3.16. The van der Waals surface area contributed by atoms with Gasteiger partial charge in [-0.3, -0.25) is 0 Å². The van der Waals surface area contributed by atoms with Crippen molar-refractivity contribution >= 4 is 43.2 Å². The molecule has 0 radical (unpaired) electrons. The lowest BCUT2D eigenvalue weighted by atomic mass is 10.1. The van der Waals surface area contributed by atoms with E-state index in [9.17, 15) is 5.11 Å². The van der Waals surface area contributed by atoms with Gasteiger partial charge in [-0.2, -0.15) is 0 Å². The van der Waals surface area contributed by atoms with Crippen molar-refractivity contribution in [3.63, 3.8) is 0 Å². The Morgan fingerprint density at radius 2 is 1.95 bits per heavy atom. The lowest BCUT2D eigenvalue weighted by molar-refractivity contribution is 0.218. The minimum atomic E-state index is -0.728. The highest BCUT2D eigenvalue weighted by molar-refractivity contribution is 9.11. The lowest BCUT2D eigenvalue weighted by Crippen LogP contribution is -2.02. The molecule has 0 aliphatic carbocycles. The topological polar surface area (TPSA) is 38.7 Å². The average Bonchev–Trinajstić information content (AvgIpc) is 2.84. The van der Waals surface area contributed by atoms with E-state index in [4.69, 9.17) is 9.47 Å². The maximum atomic E-state index is 10.5. The predicted octanol–water partition coefficient (Wildman–Crippen LogP) is 4.37. The maximum absolute atomic E-state index is 10.5. The number of hydrogen-bond acceptors (Lipinski definition) is 4. The molecule has 2 rings (SSSR count). The Kier molecular flexibility index (Phi) is 4.89. The van der Waals surface area contributed by atoms with Crippen LogP contribution in [-0.2, 0) is 0 Å². The summed E-state index contributed by atoms with van der Waals surface area (Å²) in [5.41, 5.74) is 0.699. The van der Waals surface area contributed by atoms with Crippen molar-refractivity contribution in [2.24, 2.45) is 0 Å². The third kappa shape index (κ3) is 2.97. The zero-order chi connectivity index (χ0) is 14.0. The molecule has 0 saturated heterocycles. The predicted molar refractivity (Wildman–Crippen MR) is 83.3 cm³/mol. The number of ether oxygens (including phenoxy) is 2. The van der Waals surface area contributed by atoms with Gasteiger partial charge < -0.3 is 14.6 Å². The van der Waals surface area contributed by atoms with Gasteiger partial charge in [-0.15, -0.1) is 11.3 Å². The number of benzene rings is 1. The Morgan fingerprint density at radius 3 is 2.47 bits per heavy atom. The fourth-order valence-electron chi connectivity index (χ4n) is 1.76. The molecule has 0 spiro atoms. The van der Waals surface area contributed by atoms with Crippen LogP contribution >= 0.6 is 43.2 Å².